The number of rotatable bonds is 4. The van der Waals surface area contributed by atoms with Gasteiger partial charge in [-0.05, 0) is 31.0 Å². The number of hydrogen-bond donors (Lipinski definition) is 1. The van der Waals surface area contributed by atoms with Crippen molar-refractivity contribution < 1.29 is 18.0 Å². The number of alkyl halides is 3. The van der Waals surface area contributed by atoms with Gasteiger partial charge in [0.1, 0.15) is 0 Å². The van der Waals surface area contributed by atoms with E-state index in [9.17, 15) is 18.0 Å². The highest BCUT2D eigenvalue weighted by molar-refractivity contribution is 7.17. The molecule has 0 amide bonds. The van der Waals surface area contributed by atoms with E-state index in [1.54, 1.807) is 6.07 Å². The highest BCUT2D eigenvalue weighted by Gasteiger charge is 2.30. The van der Waals surface area contributed by atoms with Crippen LogP contribution in [0.4, 0.5) is 24.0 Å². The van der Waals surface area contributed by atoms with E-state index >= 15 is 0 Å². The minimum absolute atomic E-state index is 0.0561. The van der Waals surface area contributed by atoms with Crippen molar-refractivity contribution >= 4 is 27.9 Å². The molecule has 1 aliphatic rings. The zero-order chi connectivity index (χ0) is 17.2. The number of carbonyl (C=O) groups excluding carboxylic acids is 1. The van der Waals surface area contributed by atoms with Crippen LogP contribution in [-0.4, -0.2) is 10.8 Å². The van der Waals surface area contributed by atoms with Crippen molar-refractivity contribution in [1.29, 1.82) is 0 Å². The molecule has 0 unspecified atom stereocenters. The van der Waals surface area contributed by atoms with Crippen LogP contribution in [0, 0.1) is 5.92 Å². The molecule has 24 heavy (non-hydrogen) atoms. The minimum Gasteiger partial charge on any atom is -0.332 e. The van der Waals surface area contributed by atoms with E-state index in [0.717, 1.165) is 37.8 Å². The van der Waals surface area contributed by atoms with Gasteiger partial charge in [0.25, 0.3) is 0 Å². The molecule has 3 rings (SSSR count). The SMILES string of the molecule is O=C(c1cnc(Nc2cccc(C(F)(F)F)c2)s1)C1CCCCC1. The molecule has 0 atom stereocenters. The molecule has 3 nitrogen and oxygen atoms in total. The van der Waals surface area contributed by atoms with Crippen LogP contribution in [0.3, 0.4) is 0 Å². The number of benzene rings is 1. The molecule has 0 spiro atoms. The Balaban J connectivity index is 1.71. The van der Waals surface area contributed by atoms with Crippen molar-refractivity contribution in [2.75, 3.05) is 5.32 Å². The first kappa shape index (κ1) is 17.0. The molecule has 128 valence electrons. The lowest BCUT2D eigenvalue weighted by molar-refractivity contribution is -0.137. The lowest BCUT2D eigenvalue weighted by Gasteiger charge is -2.19. The van der Waals surface area contributed by atoms with Crippen LogP contribution >= 0.6 is 11.3 Å². The summed E-state index contributed by atoms with van der Waals surface area (Å²) in [6.45, 7) is 0. The number of aromatic nitrogens is 1. The van der Waals surface area contributed by atoms with E-state index < -0.39 is 11.7 Å². The Kier molecular flexibility index (Phi) is 4.89. The number of anilines is 2. The summed E-state index contributed by atoms with van der Waals surface area (Å²) < 4.78 is 38.2. The predicted octanol–water partition coefficient (Wildman–Crippen LogP) is 5.67. The molecule has 0 aliphatic heterocycles. The third-order valence-electron chi connectivity index (χ3n) is 4.17. The van der Waals surface area contributed by atoms with Gasteiger partial charge in [-0.15, -0.1) is 0 Å². The molecule has 1 N–H and O–H groups in total. The number of carbonyl (C=O) groups is 1. The van der Waals surface area contributed by atoms with E-state index in [0.29, 0.717) is 15.7 Å². The summed E-state index contributed by atoms with van der Waals surface area (Å²) in [4.78, 5) is 17.1. The predicted molar refractivity (Wildman–Crippen MR) is 87.7 cm³/mol. The fourth-order valence-corrected chi connectivity index (χ4v) is 3.76. The first-order chi connectivity index (χ1) is 11.4. The van der Waals surface area contributed by atoms with E-state index in [2.05, 4.69) is 10.3 Å². The van der Waals surface area contributed by atoms with Gasteiger partial charge in [0.15, 0.2) is 10.9 Å². The Bertz CT molecular complexity index is 721. The number of nitrogens with zero attached hydrogens (tertiary/aromatic N) is 1. The van der Waals surface area contributed by atoms with Crippen molar-refractivity contribution in [2.45, 2.75) is 38.3 Å². The van der Waals surface area contributed by atoms with Gasteiger partial charge >= 0.3 is 6.18 Å². The minimum atomic E-state index is -4.39. The number of hydrogen-bond acceptors (Lipinski definition) is 4. The van der Waals surface area contributed by atoms with Gasteiger partial charge in [-0.25, -0.2) is 4.98 Å². The van der Waals surface area contributed by atoms with Crippen molar-refractivity contribution in [1.82, 2.24) is 4.98 Å². The van der Waals surface area contributed by atoms with Crippen LogP contribution in [0.15, 0.2) is 30.5 Å². The number of ketones is 1. The maximum Gasteiger partial charge on any atom is 0.416 e. The van der Waals surface area contributed by atoms with Crippen LogP contribution in [-0.2, 0) is 6.18 Å². The monoisotopic (exact) mass is 354 g/mol. The van der Waals surface area contributed by atoms with Crippen LogP contribution in [0.5, 0.6) is 0 Å². The quantitative estimate of drug-likeness (QED) is 0.720. The summed E-state index contributed by atoms with van der Waals surface area (Å²) in [5, 5.41) is 3.27. The molecule has 7 heteroatoms. The molecule has 1 aliphatic carbocycles. The number of Topliss-reactive ketones (excluding diaryl/α,β-unsaturated/α-hetero) is 1. The standard InChI is InChI=1S/C17H17F3N2OS/c18-17(19,20)12-7-4-8-13(9-12)22-16-21-10-14(24-16)15(23)11-5-2-1-3-6-11/h4,7-11H,1-3,5-6H2,(H,21,22). The van der Waals surface area contributed by atoms with Gasteiger partial charge in [-0.2, -0.15) is 13.2 Å². The molecular weight excluding hydrogens is 337 g/mol. The highest BCUT2D eigenvalue weighted by atomic mass is 32.1. The van der Waals surface area contributed by atoms with Gasteiger partial charge in [0.2, 0.25) is 0 Å². The summed E-state index contributed by atoms with van der Waals surface area (Å²) in [6, 6.07) is 4.93. The Hall–Kier alpha value is -1.89. The van der Waals surface area contributed by atoms with Crippen molar-refractivity contribution in [3.05, 3.63) is 40.9 Å². The smallest absolute Gasteiger partial charge is 0.332 e. The first-order valence-electron chi connectivity index (χ1n) is 7.88. The molecule has 0 saturated heterocycles. The van der Waals surface area contributed by atoms with E-state index in [-0.39, 0.29) is 11.7 Å². The topological polar surface area (TPSA) is 42.0 Å². The molecule has 1 aromatic carbocycles. The molecular formula is C17H17F3N2OS. The largest absolute Gasteiger partial charge is 0.416 e. The van der Waals surface area contributed by atoms with Gasteiger partial charge in [0.05, 0.1) is 16.6 Å². The van der Waals surface area contributed by atoms with Crippen LogP contribution in [0.2, 0.25) is 0 Å². The van der Waals surface area contributed by atoms with Crippen molar-refractivity contribution in [3.8, 4) is 0 Å². The zero-order valence-corrected chi connectivity index (χ0v) is 13.7. The van der Waals surface area contributed by atoms with Crippen molar-refractivity contribution in [3.63, 3.8) is 0 Å². The number of halogens is 3. The fourth-order valence-electron chi connectivity index (χ4n) is 2.91. The Morgan fingerprint density at radius 3 is 2.67 bits per heavy atom. The average Bonchev–Trinajstić information content (AvgIpc) is 3.03. The third kappa shape index (κ3) is 3.95. The fraction of sp³-hybridized carbons (Fsp3) is 0.412. The normalized spacial score (nSPS) is 16.1. The summed E-state index contributed by atoms with van der Waals surface area (Å²) >= 11 is 1.19. The molecule has 2 aromatic rings. The van der Waals surface area contributed by atoms with Gasteiger partial charge in [0, 0.05) is 11.6 Å². The zero-order valence-electron chi connectivity index (χ0n) is 12.9. The Labute approximate surface area is 141 Å². The first-order valence-corrected chi connectivity index (χ1v) is 8.69. The number of nitrogens with one attached hydrogen (secondary N) is 1. The molecule has 1 aromatic heterocycles. The number of thiazole rings is 1. The maximum atomic E-state index is 12.7. The van der Waals surface area contributed by atoms with E-state index in [1.165, 1.54) is 30.0 Å². The third-order valence-corrected chi connectivity index (χ3v) is 5.09. The molecule has 1 fully saturated rings. The van der Waals surface area contributed by atoms with E-state index in [1.807, 2.05) is 0 Å². The summed E-state index contributed by atoms with van der Waals surface area (Å²) in [5.41, 5.74) is -0.418. The second-order valence-electron chi connectivity index (χ2n) is 5.93. The summed E-state index contributed by atoms with van der Waals surface area (Å²) in [5.74, 6) is 0.157. The van der Waals surface area contributed by atoms with Crippen molar-refractivity contribution in [2.24, 2.45) is 5.92 Å². The van der Waals surface area contributed by atoms with Crippen LogP contribution in [0.1, 0.15) is 47.3 Å². The second-order valence-corrected chi connectivity index (χ2v) is 6.96. The maximum absolute atomic E-state index is 12.7. The van der Waals surface area contributed by atoms with Gasteiger partial charge in [-0.3, -0.25) is 4.79 Å². The van der Waals surface area contributed by atoms with Gasteiger partial charge in [-0.1, -0.05) is 36.7 Å². The van der Waals surface area contributed by atoms with Crippen LogP contribution in [0.25, 0.3) is 0 Å². The molecule has 1 saturated carbocycles. The highest BCUT2D eigenvalue weighted by Crippen LogP contribution is 2.33. The molecule has 1 heterocycles. The second kappa shape index (κ2) is 6.93. The van der Waals surface area contributed by atoms with E-state index in [4.69, 9.17) is 0 Å². The Morgan fingerprint density at radius 1 is 1.21 bits per heavy atom. The average molecular weight is 354 g/mol. The lowest BCUT2D eigenvalue weighted by Crippen LogP contribution is -2.16. The van der Waals surface area contributed by atoms with Crippen LogP contribution < -0.4 is 5.32 Å². The molecule has 0 bridgehead atoms. The molecule has 0 radical (unpaired) electrons. The summed E-state index contributed by atoms with van der Waals surface area (Å²) in [7, 11) is 0. The lowest BCUT2D eigenvalue weighted by atomic mass is 9.86. The Morgan fingerprint density at radius 2 is 1.96 bits per heavy atom. The summed E-state index contributed by atoms with van der Waals surface area (Å²) in [6.07, 6.45) is 2.27. The van der Waals surface area contributed by atoms with Gasteiger partial charge < -0.3 is 5.32 Å².